The van der Waals surface area contributed by atoms with Crippen LogP contribution in [-0.2, 0) is 0 Å². The summed E-state index contributed by atoms with van der Waals surface area (Å²) in [7, 11) is 0. The molecule has 1 aromatic rings. The standard InChI is InChI=1S/C12H16N4O2/c17-7-11-9-5-16(6-10(9)14-15-11)12(18)8-2-1-3-13-4-8/h1-4,9-11,14-15,17H,5-7H2. The summed E-state index contributed by atoms with van der Waals surface area (Å²) in [5.41, 5.74) is 6.81. The molecule has 18 heavy (non-hydrogen) atoms. The van der Waals surface area contributed by atoms with E-state index in [2.05, 4.69) is 15.8 Å². The number of aliphatic hydroxyl groups excluding tert-OH is 1. The molecule has 0 aliphatic carbocycles. The number of nitrogens with zero attached hydrogens (tertiary/aromatic N) is 2. The molecule has 1 amide bonds. The van der Waals surface area contributed by atoms with Crippen LogP contribution in [0.15, 0.2) is 24.5 Å². The van der Waals surface area contributed by atoms with Crippen molar-refractivity contribution in [1.29, 1.82) is 0 Å². The van der Waals surface area contributed by atoms with Gasteiger partial charge in [-0.1, -0.05) is 0 Å². The van der Waals surface area contributed by atoms with Crippen LogP contribution in [0.2, 0.25) is 0 Å². The lowest BCUT2D eigenvalue weighted by Crippen LogP contribution is -2.41. The molecule has 0 bridgehead atoms. The predicted octanol–water partition coefficient (Wildman–Crippen LogP) is -1.01. The number of hydrogen-bond acceptors (Lipinski definition) is 5. The number of aliphatic hydroxyl groups is 1. The third-order valence-electron chi connectivity index (χ3n) is 3.73. The van der Waals surface area contributed by atoms with E-state index in [1.54, 1.807) is 24.5 Å². The summed E-state index contributed by atoms with van der Waals surface area (Å²) in [6.07, 6.45) is 3.24. The van der Waals surface area contributed by atoms with Crippen LogP contribution in [0.25, 0.3) is 0 Å². The molecule has 0 saturated carbocycles. The maximum absolute atomic E-state index is 12.2. The first-order valence-corrected chi connectivity index (χ1v) is 6.11. The van der Waals surface area contributed by atoms with Gasteiger partial charge in [0.25, 0.3) is 5.91 Å². The number of pyridine rings is 1. The Kier molecular flexibility index (Phi) is 2.99. The molecule has 6 heteroatoms. The molecule has 96 valence electrons. The first kappa shape index (κ1) is 11.6. The molecule has 3 N–H and O–H groups in total. The normalized spacial score (nSPS) is 30.5. The average Bonchev–Trinajstić information content (AvgIpc) is 2.98. The molecule has 3 heterocycles. The van der Waals surface area contributed by atoms with E-state index in [0.29, 0.717) is 18.7 Å². The molecule has 0 spiro atoms. The van der Waals surface area contributed by atoms with Gasteiger partial charge in [0.1, 0.15) is 0 Å². The fourth-order valence-corrected chi connectivity index (χ4v) is 2.73. The average molecular weight is 248 g/mol. The number of amides is 1. The third kappa shape index (κ3) is 1.88. The molecule has 3 rings (SSSR count). The molecule has 6 nitrogen and oxygen atoms in total. The summed E-state index contributed by atoms with van der Waals surface area (Å²) in [5, 5.41) is 9.24. The molecule has 1 aromatic heterocycles. The number of rotatable bonds is 2. The third-order valence-corrected chi connectivity index (χ3v) is 3.73. The van der Waals surface area contributed by atoms with Gasteiger partial charge in [0.15, 0.2) is 0 Å². The van der Waals surface area contributed by atoms with Crippen LogP contribution >= 0.6 is 0 Å². The van der Waals surface area contributed by atoms with Crippen LogP contribution in [0.1, 0.15) is 10.4 Å². The summed E-state index contributed by atoms with van der Waals surface area (Å²) in [5.74, 6) is 0.284. The second-order valence-corrected chi connectivity index (χ2v) is 4.80. The molecule has 2 saturated heterocycles. The highest BCUT2D eigenvalue weighted by molar-refractivity contribution is 5.94. The van der Waals surface area contributed by atoms with Crippen molar-refractivity contribution in [3.05, 3.63) is 30.1 Å². The Bertz CT molecular complexity index is 439. The molecule has 0 radical (unpaired) electrons. The van der Waals surface area contributed by atoms with Crippen LogP contribution in [0.3, 0.4) is 0 Å². The second kappa shape index (κ2) is 4.64. The number of fused-ring (bicyclic) bond motifs is 1. The van der Waals surface area contributed by atoms with Crippen molar-refractivity contribution in [3.63, 3.8) is 0 Å². The Hall–Kier alpha value is -1.50. The molecule has 2 aliphatic rings. The molecular formula is C12H16N4O2. The van der Waals surface area contributed by atoms with Crippen molar-refractivity contribution in [3.8, 4) is 0 Å². The van der Waals surface area contributed by atoms with Crippen molar-refractivity contribution in [2.45, 2.75) is 12.1 Å². The van der Waals surface area contributed by atoms with E-state index < -0.39 is 0 Å². The predicted molar refractivity (Wildman–Crippen MR) is 64.6 cm³/mol. The summed E-state index contributed by atoms with van der Waals surface area (Å²) >= 11 is 0. The molecule has 3 atom stereocenters. The Labute approximate surface area is 105 Å². The summed E-state index contributed by atoms with van der Waals surface area (Å²) in [6.45, 7) is 1.43. The topological polar surface area (TPSA) is 77.5 Å². The van der Waals surface area contributed by atoms with Crippen molar-refractivity contribution >= 4 is 5.91 Å². The first-order chi connectivity index (χ1) is 8.79. The fraction of sp³-hybridized carbons (Fsp3) is 0.500. The van der Waals surface area contributed by atoms with E-state index in [0.717, 1.165) is 0 Å². The lowest BCUT2D eigenvalue weighted by Gasteiger charge is -2.19. The van der Waals surface area contributed by atoms with E-state index in [1.165, 1.54) is 0 Å². The van der Waals surface area contributed by atoms with Gasteiger partial charge in [-0.2, -0.15) is 0 Å². The van der Waals surface area contributed by atoms with Crippen LogP contribution in [-0.4, -0.2) is 52.7 Å². The van der Waals surface area contributed by atoms with Gasteiger partial charge in [-0.3, -0.25) is 20.6 Å². The van der Waals surface area contributed by atoms with E-state index in [1.807, 2.05) is 4.90 Å². The monoisotopic (exact) mass is 248 g/mol. The molecule has 2 fully saturated rings. The highest BCUT2D eigenvalue weighted by Crippen LogP contribution is 2.25. The Morgan fingerprint density at radius 3 is 3.11 bits per heavy atom. The quantitative estimate of drug-likeness (QED) is 0.625. The fourth-order valence-electron chi connectivity index (χ4n) is 2.73. The smallest absolute Gasteiger partial charge is 0.255 e. The lowest BCUT2D eigenvalue weighted by atomic mass is 9.99. The largest absolute Gasteiger partial charge is 0.395 e. The van der Waals surface area contributed by atoms with Gasteiger partial charge >= 0.3 is 0 Å². The Balaban J connectivity index is 1.71. The minimum atomic E-state index is 0.0102. The highest BCUT2D eigenvalue weighted by atomic mass is 16.3. The number of carbonyl (C=O) groups excluding carboxylic acids is 1. The van der Waals surface area contributed by atoms with E-state index in [4.69, 9.17) is 0 Å². The van der Waals surface area contributed by atoms with Crippen molar-refractivity contribution < 1.29 is 9.90 Å². The number of hydrazine groups is 1. The van der Waals surface area contributed by atoms with Crippen molar-refractivity contribution in [2.24, 2.45) is 5.92 Å². The molecule has 3 unspecified atom stereocenters. The Morgan fingerprint density at radius 1 is 1.50 bits per heavy atom. The van der Waals surface area contributed by atoms with Gasteiger partial charge in [0, 0.05) is 37.4 Å². The first-order valence-electron chi connectivity index (χ1n) is 6.11. The number of carbonyl (C=O) groups is 1. The minimum absolute atomic E-state index is 0.0102. The van der Waals surface area contributed by atoms with Gasteiger partial charge in [0.05, 0.1) is 18.2 Å². The van der Waals surface area contributed by atoms with Gasteiger partial charge in [-0.05, 0) is 12.1 Å². The number of hydrogen-bond donors (Lipinski definition) is 3. The van der Waals surface area contributed by atoms with Crippen LogP contribution in [0.5, 0.6) is 0 Å². The molecular weight excluding hydrogens is 232 g/mol. The van der Waals surface area contributed by atoms with Crippen LogP contribution in [0, 0.1) is 5.92 Å². The molecule has 2 aliphatic heterocycles. The van der Waals surface area contributed by atoms with Crippen LogP contribution < -0.4 is 10.9 Å². The zero-order chi connectivity index (χ0) is 12.5. The van der Waals surface area contributed by atoms with E-state index in [-0.39, 0.29) is 30.5 Å². The van der Waals surface area contributed by atoms with Gasteiger partial charge < -0.3 is 10.0 Å². The SMILES string of the molecule is O=C(c1cccnc1)N1CC2NNC(CO)C2C1. The Morgan fingerprint density at radius 2 is 2.39 bits per heavy atom. The number of nitrogens with one attached hydrogen (secondary N) is 2. The number of aromatic nitrogens is 1. The van der Waals surface area contributed by atoms with Crippen molar-refractivity contribution in [1.82, 2.24) is 20.7 Å². The maximum Gasteiger partial charge on any atom is 0.255 e. The van der Waals surface area contributed by atoms with E-state index >= 15 is 0 Å². The second-order valence-electron chi connectivity index (χ2n) is 4.80. The minimum Gasteiger partial charge on any atom is -0.395 e. The summed E-state index contributed by atoms with van der Waals surface area (Å²) < 4.78 is 0. The van der Waals surface area contributed by atoms with Gasteiger partial charge in [0.2, 0.25) is 0 Å². The van der Waals surface area contributed by atoms with E-state index in [9.17, 15) is 9.90 Å². The van der Waals surface area contributed by atoms with Gasteiger partial charge in [-0.25, -0.2) is 0 Å². The number of likely N-dealkylation sites (tertiary alicyclic amines) is 1. The lowest BCUT2D eigenvalue weighted by molar-refractivity contribution is 0.0773. The maximum atomic E-state index is 12.2. The van der Waals surface area contributed by atoms with Crippen molar-refractivity contribution in [2.75, 3.05) is 19.7 Å². The van der Waals surface area contributed by atoms with Crippen LogP contribution in [0.4, 0.5) is 0 Å². The zero-order valence-corrected chi connectivity index (χ0v) is 9.91. The highest BCUT2D eigenvalue weighted by Gasteiger charge is 2.43. The molecule has 0 aromatic carbocycles. The van der Waals surface area contributed by atoms with Gasteiger partial charge in [-0.15, -0.1) is 0 Å². The zero-order valence-electron chi connectivity index (χ0n) is 9.91. The summed E-state index contributed by atoms with van der Waals surface area (Å²) in [4.78, 5) is 18.0. The summed E-state index contributed by atoms with van der Waals surface area (Å²) in [6, 6.07) is 3.79.